The zero-order valence-electron chi connectivity index (χ0n) is 11.8. The van der Waals surface area contributed by atoms with Gasteiger partial charge in [-0.15, -0.1) is 0 Å². The number of hydrogen-bond donors (Lipinski definition) is 1. The van der Waals surface area contributed by atoms with Crippen molar-refractivity contribution in [2.24, 2.45) is 0 Å². The molecule has 0 fully saturated rings. The summed E-state index contributed by atoms with van der Waals surface area (Å²) in [6.45, 7) is 0.249. The Morgan fingerprint density at radius 2 is 1.91 bits per heavy atom. The number of nitrogens with zero attached hydrogens (tertiary/aromatic N) is 2. The summed E-state index contributed by atoms with van der Waals surface area (Å²) in [4.78, 5) is 16.0. The van der Waals surface area contributed by atoms with Gasteiger partial charge in [-0.05, 0) is 35.9 Å². The van der Waals surface area contributed by atoms with Crippen LogP contribution in [0.15, 0.2) is 53.1 Å². The second kappa shape index (κ2) is 6.58. The Hall–Kier alpha value is -2.73. The van der Waals surface area contributed by atoms with Crippen LogP contribution in [0, 0.1) is 5.82 Å². The molecule has 0 saturated carbocycles. The minimum Gasteiger partial charge on any atom is -0.345 e. The average molecular weight is 332 g/mol. The highest BCUT2D eigenvalue weighted by atomic mass is 35.5. The molecule has 3 aromatic rings. The van der Waals surface area contributed by atoms with Crippen molar-refractivity contribution >= 4 is 17.5 Å². The average Bonchev–Trinajstić information content (AvgIpc) is 3.04. The first-order valence-electron chi connectivity index (χ1n) is 6.75. The maximum atomic E-state index is 12.9. The second-order valence-corrected chi connectivity index (χ2v) is 5.11. The normalized spacial score (nSPS) is 10.5. The fourth-order valence-corrected chi connectivity index (χ4v) is 2.12. The monoisotopic (exact) mass is 331 g/mol. The fraction of sp³-hybridized carbons (Fsp3) is 0.0625. The first-order valence-corrected chi connectivity index (χ1v) is 7.12. The van der Waals surface area contributed by atoms with Crippen molar-refractivity contribution in [1.29, 1.82) is 0 Å². The van der Waals surface area contributed by atoms with Crippen molar-refractivity contribution in [2.45, 2.75) is 6.54 Å². The van der Waals surface area contributed by atoms with Gasteiger partial charge in [0.1, 0.15) is 5.82 Å². The van der Waals surface area contributed by atoms with Crippen molar-refractivity contribution in [3.63, 3.8) is 0 Å². The van der Waals surface area contributed by atoms with E-state index in [0.717, 1.165) is 5.56 Å². The Bertz CT molecular complexity index is 833. The summed E-state index contributed by atoms with van der Waals surface area (Å²) < 4.78 is 17.9. The van der Waals surface area contributed by atoms with Gasteiger partial charge in [-0.25, -0.2) is 4.39 Å². The molecule has 1 heterocycles. The molecule has 0 aliphatic heterocycles. The predicted octanol–water partition coefficient (Wildman–Crippen LogP) is 3.46. The zero-order chi connectivity index (χ0) is 16.2. The molecule has 3 rings (SSSR count). The van der Waals surface area contributed by atoms with Crippen LogP contribution >= 0.6 is 11.6 Å². The van der Waals surface area contributed by atoms with E-state index in [1.807, 2.05) is 18.2 Å². The number of rotatable bonds is 4. The SMILES string of the molecule is O=C(NCc1ccccc1Cl)c1noc(-c2ccc(F)cc2)n1. The number of halogens is 2. The molecule has 0 aliphatic carbocycles. The third kappa shape index (κ3) is 3.54. The summed E-state index contributed by atoms with van der Waals surface area (Å²) in [5.41, 5.74) is 1.31. The first-order chi connectivity index (χ1) is 11.1. The molecule has 0 spiro atoms. The molecule has 0 saturated heterocycles. The molecule has 0 bridgehead atoms. The van der Waals surface area contributed by atoms with Crippen LogP contribution in [0.4, 0.5) is 4.39 Å². The third-order valence-electron chi connectivity index (χ3n) is 3.12. The summed E-state index contributed by atoms with van der Waals surface area (Å²) >= 11 is 6.02. The lowest BCUT2D eigenvalue weighted by Crippen LogP contribution is -2.24. The molecule has 0 unspecified atom stereocenters. The van der Waals surface area contributed by atoms with Crippen LogP contribution in [0.3, 0.4) is 0 Å². The summed E-state index contributed by atoms with van der Waals surface area (Å²) in [6.07, 6.45) is 0. The molecule has 116 valence electrons. The Morgan fingerprint density at radius 1 is 1.17 bits per heavy atom. The fourth-order valence-electron chi connectivity index (χ4n) is 1.92. The minimum atomic E-state index is -0.484. The van der Waals surface area contributed by atoms with Gasteiger partial charge in [-0.3, -0.25) is 4.79 Å². The molecule has 1 aromatic heterocycles. The van der Waals surface area contributed by atoms with Crippen LogP contribution in [0.2, 0.25) is 5.02 Å². The summed E-state index contributed by atoms with van der Waals surface area (Å²) in [5.74, 6) is -0.808. The van der Waals surface area contributed by atoms with Gasteiger partial charge in [0.2, 0.25) is 0 Å². The van der Waals surface area contributed by atoms with E-state index in [-0.39, 0.29) is 24.1 Å². The van der Waals surface area contributed by atoms with Gasteiger partial charge in [0, 0.05) is 17.1 Å². The van der Waals surface area contributed by atoms with Crippen molar-refractivity contribution in [3.05, 3.63) is 70.8 Å². The number of amides is 1. The lowest BCUT2D eigenvalue weighted by atomic mass is 10.2. The Labute approximate surface area is 136 Å². The second-order valence-electron chi connectivity index (χ2n) is 4.70. The number of carbonyl (C=O) groups excluding carboxylic acids is 1. The maximum absolute atomic E-state index is 12.9. The number of aromatic nitrogens is 2. The molecule has 1 N–H and O–H groups in total. The zero-order valence-corrected chi connectivity index (χ0v) is 12.5. The molecule has 0 aliphatic rings. The third-order valence-corrected chi connectivity index (χ3v) is 3.49. The van der Waals surface area contributed by atoms with Crippen molar-refractivity contribution in [1.82, 2.24) is 15.5 Å². The van der Waals surface area contributed by atoms with Crippen LogP contribution in [0.25, 0.3) is 11.5 Å². The van der Waals surface area contributed by atoms with Crippen LogP contribution in [-0.4, -0.2) is 16.0 Å². The molecular weight excluding hydrogens is 321 g/mol. The van der Waals surface area contributed by atoms with E-state index in [1.54, 1.807) is 6.07 Å². The number of carbonyl (C=O) groups is 1. The van der Waals surface area contributed by atoms with Gasteiger partial charge in [0.25, 0.3) is 17.6 Å². The standard InChI is InChI=1S/C16H11ClFN3O2/c17-13-4-2-1-3-11(13)9-19-15(22)14-20-16(23-21-14)10-5-7-12(18)8-6-10/h1-8H,9H2,(H,19,22). The quantitative estimate of drug-likeness (QED) is 0.795. The van der Waals surface area contributed by atoms with Crippen molar-refractivity contribution < 1.29 is 13.7 Å². The minimum absolute atomic E-state index is 0.101. The first kappa shape index (κ1) is 15.2. The Morgan fingerprint density at radius 3 is 2.65 bits per heavy atom. The summed E-state index contributed by atoms with van der Waals surface area (Å²) in [5, 5.41) is 6.85. The molecule has 0 atom stereocenters. The van der Waals surface area contributed by atoms with E-state index in [9.17, 15) is 9.18 Å². The molecule has 0 radical (unpaired) electrons. The largest absolute Gasteiger partial charge is 0.345 e. The van der Waals surface area contributed by atoms with E-state index in [4.69, 9.17) is 16.1 Å². The lowest BCUT2D eigenvalue weighted by molar-refractivity contribution is 0.0937. The van der Waals surface area contributed by atoms with Gasteiger partial charge < -0.3 is 9.84 Å². The maximum Gasteiger partial charge on any atom is 0.292 e. The van der Waals surface area contributed by atoms with E-state index in [2.05, 4.69) is 15.5 Å². The number of hydrogen-bond acceptors (Lipinski definition) is 4. The number of benzene rings is 2. The molecular formula is C16H11ClFN3O2. The molecule has 23 heavy (non-hydrogen) atoms. The Kier molecular flexibility index (Phi) is 4.34. The van der Waals surface area contributed by atoms with Crippen LogP contribution in [0.5, 0.6) is 0 Å². The van der Waals surface area contributed by atoms with E-state index in [0.29, 0.717) is 10.6 Å². The summed E-state index contributed by atoms with van der Waals surface area (Å²) in [6, 6.07) is 12.7. The molecule has 7 heteroatoms. The smallest absolute Gasteiger partial charge is 0.292 e. The Balaban J connectivity index is 1.69. The molecule has 1 amide bonds. The van der Waals surface area contributed by atoms with Gasteiger partial charge >= 0.3 is 0 Å². The van der Waals surface area contributed by atoms with Gasteiger partial charge in [-0.1, -0.05) is 35.0 Å². The highest BCUT2D eigenvalue weighted by molar-refractivity contribution is 6.31. The highest BCUT2D eigenvalue weighted by Crippen LogP contribution is 2.18. The predicted molar refractivity (Wildman–Crippen MR) is 82.3 cm³/mol. The van der Waals surface area contributed by atoms with Gasteiger partial charge in [0.05, 0.1) is 0 Å². The van der Waals surface area contributed by atoms with E-state index < -0.39 is 5.91 Å². The lowest BCUT2D eigenvalue weighted by Gasteiger charge is -2.04. The van der Waals surface area contributed by atoms with Crippen LogP contribution < -0.4 is 5.32 Å². The van der Waals surface area contributed by atoms with E-state index in [1.165, 1.54) is 24.3 Å². The highest BCUT2D eigenvalue weighted by Gasteiger charge is 2.15. The molecule has 5 nitrogen and oxygen atoms in total. The van der Waals surface area contributed by atoms with Crippen molar-refractivity contribution in [2.75, 3.05) is 0 Å². The van der Waals surface area contributed by atoms with Crippen LogP contribution in [0.1, 0.15) is 16.2 Å². The van der Waals surface area contributed by atoms with Gasteiger partial charge in [0.15, 0.2) is 0 Å². The molecule has 2 aromatic carbocycles. The topological polar surface area (TPSA) is 68.0 Å². The summed E-state index contributed by atoms with van der Waals surface area (Å²) in [7, 11) is 0. The van der Waals surface area contributed by atoms with E-state index >= 15 is 0 Å². The van der Waals surface area contributed by atoms with Gasteiger partial charge in [-0.2, -0.15) is 4.98 Å². The van der Waals surface area contributed by atoms with Crippen LogP contribution in [-0.2, 0) is 6.54 Å². The number of nitrogens with one attached hydrogen (secondary N) is 1. The van der Waals surface area contributed by atoms with Crippen molar-refractivity contribution in [3.8, 4) is 11.5 Å².